The second-order valence-corrected chi connectivity index (χ2v) is 4.15. The number of fused-ring (bicyclic) bond motifs is 1. The lowest BCUT2D eigenvalue weighted by atomic mass is 10.3. The van der Waals surface area contributed by atoms with Gasteiger partial charge in [-0.3, -0.25) is 14.9 Å². The van der Waals surface area contributed by atoms with Crippen molar-refractivity contribution in [2.45, 2.75) is 19.8 Å². The molecule has 0 aliphatic heterocycles. The number of amides is 1. The number of nitrogens with zero attached hydrogens (tertiary/aromatic N) is 2. The van der Waals surface area contributed by atoms with E-state index in [4.69, 9.17) is 0 Å². The van der Waals surface area contributed by atoms with Crippen LogP contribution in [0.4, 0.5) is 5.69 Å². The summed E-state index contributed by atoms with van der Waals surface area (Å²) in [6.45, 7) is 2.62. The summed E-state index contributed by atoms with van der Waals surface area (Å²) in [4.78, 5) is 28.8. The predicted molar refractivity (Wildman–Crippen MR) is 70.0 cm³/mol. The molecule has 0 atom stereocenters. The van der Waals surface area contributed by atoms with E-state index in [1.54, 1.807) is 0 Å². The number of nitro benzene ring substituents is 1. The number of rotatable bonds is 5. The Morgan fingerprint density at radius 3 is 3.00 bits per heavy atom. The summed E-state index contributed by atoms with van der Waals surface area (Å²) in [5.41, 5.74) is 0.982. The van der Waals surface area contributed by atoms with Crippen molar-refractivity contribution in [1.29, 1.82) is 0 Å². The minimum absolute atomic E-state index is 0.0332. The molecule has 1 amide bonds. The molecule has 2 rings (SSSR count). The Morgan fingerprint density at radius 1 is 1.53 bits per heavy atom. The molecule has 0 saturated carbocycles. The Labute approximate surface area is 109 Å². The number of carbonyl (C=O) groups is 1. The Morgan fingerprint density at radius 2 is 2.32 bits per heavy atom. The molecule has 1 heterocycles. The SMILES string of the molecule is CCCCNC(=O)c1nc2ccc([N+](=O)[O-])cc2[nH]1. The second-order valence-electron chi connectivity index (χ2n) is 4.15. The van der Waals surface area contributed by atoms with E-state index in [-0.39, 0.29) is 17.4 Å². The van der Waals surface area contributed by atoms with Gasteiger partial charge in [-0.05, 0) is 12.5 Å². The molecule has 0 fully saturated rings. The zero-order chi connectivity index (χ0) is 13.8. The zero-order valence-corrected chi connectivity index (χ0v) is 10.5. The summed E-state index contributed by atoms with van der Waals surface area (Å²) < 4.78 is 0. The zero-order valence-electron chi connectivity index (χ0n) is 10.5. The lowest BCUT2D eigenvalue weighted by Gasteiger charge is -2.00. The maximum absolute atomic E-state index is 11.8. The van der Waals surface area contributed by atoms with Crippen molar-refractivity contribution >= 4 is 22.6 Å². The first-order valence-corrected chi connectivity index (χ1v) is 6.04. The normalized spacial score (nSPS) is 10.6. The van der Waals surface area contributed by atoms with Crippen LogP contribution < -0.4 is 5.32 Å². The predicted octanol–water partition coefficient (Wildman–Crippen LogP) is 2.00. The van der Waals surface area contributed by atoms with Gasteiger partial charge >= 0.3 is 0 Å². The number of nitrogens with one attached hydrogen (secondary N) is 2. The molecule has 0 radical (unpaired) electrons. The molecule has 19 heavy (non-hydrogen) atoms. The standard InChI is InChI=1S/C12H14N4O3/c1-2-3-6-13-12(17)11-14-9-5-4-8(16(18)19)7-10(9)15-11/h4-5,7H,2-3,6H2,1H3,(H,13,17)(H,14,15). The number of nitro groups is 1. The highest BCUT2D eigenvalue weighted by Crippen LogP contribution is 2.18. The van der Waals surface area contributed by atoms with E-state index in [9.17, 15) is 14.9 Å². The Bertz CT molecular complexity index is 620. The van der Waals surface area contributed by atoms with Gasteiger partial charge in [0.15, 0.2) is 5.82 Å². The van der Waals surface area contributed by atoms with Crippen molar-refractivity contribution < 1.29 is 9.72 Å². The molecule has 1 aromatic heterocycles. The van der Waals surface area contributed by atoms with Crippen LogP contribution in [-0.2, 0) is 0 Å². The van der Waals surface area contributed by atoms with E-state index in [1.807, 2.05) is 6.92 Å². The molecule has 100 valence electrons. The number of benzene rings is 1. The first-order valence-electron chi connectivity index (χ1n) is 6.04. The van der Waals surface area contributed by atoms with E-state index in [0.29, 0.717) is 17.6 Å². The first kappa shape index (κ1) is 13.0. The van der Waals surface area contributed by atoms with Gasteiger partial charge in [0.25, 0.3) is 11.6 Å². The minimum atomic E-state index is -0.485. The van der Waals surface area contributed by atoms with E-state index in [0.717, 1.165) is 12.8 Å². The van der Waals surface area contributed by atoms with Crippen molar-refractivity contribution in [1.82, 2.24) is 15.3 Å². The van der Waals surface area contributed by atoms with Crippen LogP contribution in [-0.4, -0.2) is 27.3 Å². The summed E-state index contributed by atoms with van der Waals surface area (Å²) in [6.07, 6.45) is 1.89. The third-order valence-corrected chi connectivity index (χ3v) is 2.71. The number of unbranched alkanes of at least 4 members (excludes halogenated alkanes) is 1. The molecule has 0 saturated heterocycles. The van der Waals surface area contributed by atoms with Crippen molar-refractivity contribution in [3.8, 4) is 0 Å². The molecule has 2 aromatic rings. The maximum atomic E-state index is 11.8. The number of H-pyrrole nitrogens is 1. The van der Waals surface area contributed by atoms with Crippen LogP contribution in [0.1, 0.15) is 30.4 Å². The number of aromatic amines is 1. The third kappa shape index (κ3) is 2.87. The number of non-ortho nitro benzene ring substituents is 1. The summed E-state index contributed by atoms with van der Waals surface area (Å²) in [5, 5.41) is 13.4. The number of carbonyl (C=O) groups excluding carboxylic acids is 1. The van der Waals surface area contributed by atoms with Gasteiger partial charge in [0, 0.05) is 18.7 Å². The summed E-state index contributed by atoms with van der Waals surface area (Å²) in [7, 11) is 0. The number of hydrogen-bond acceptors (Lipinski definition) is 4. The van der Waals surface area contributed by atoms with Gasteiger partial charge in [-0.1, -0.05) is 13.3 Å². The fourth-order valence-electron chi connectivity index (χ4n) is 1.68. The van der Waals surface area contributed by atoms with E-state index in [2.05, 4.69) is 15.3 Å². The smallest absolute Gasteiger partial charge is 0.287 e. The van der Waals surface area contributed by atoms with Crippen molar-refractivity contribution in [2.75, 3.05) is 6.54 Å². The molecule has 0 unspecified atom stereocenters. The molecule has 0 spiro atoms. The Hall–Kier alpha value is -2.44. The number of imidazole rings is 1. The molecule has 0 aliphatic rings. The van der Waals surface area contributed by atoms with E-state index < -0.39 is 4.92 Å². The average Bonchev–Trinajstić information content (AvgIpc) is 2.81. The Balaban J connectivity index is 2.21. The highest BCUT2D eigenvalue weighted by Gasteiger charge is 2.13. The lowest BCUT2D eigenvalue weighted by Crippen LogP contribution is -2.25. The topological polar surface area (TPSA) is 101 Å². The first-order chi connectivity index (χ1) is 9.11. The van der Waals surface area contributed by atoms with Gasteiger partial charge in [-0.2, -0.15) is 0 Å². The number of aromatic nitrogens is 2. The monoisotopic (exact) mass is 262 g/mol. The number of hydrogen-bond donors (Lipinski definition) is 2. The lowest BCUT2D eigenvalue weighted by molar-refractivity contribution is -0.384. The van der Waals surface area contributed by atoms with Gasteiger partial charge in [0.1, 0.15) is 0 Å². The van der Waals surface area contributed by atoms with Crippen LogP contribution in [0.25, 0.3) is 11.0 Å². The van der Waals surface area contributed by atoms with Crippen LogP contribution in [0.15, 0.2) is 18.2 Å². The van der Waals surface area contributed by atoms with Crippen LogP contribution in [0.2, 0.25) is 0 Å². The molecule has 0 aliphatic carbocycles. The molecule has 2 N–H and O–H groups in total. The molecular weight excluding hydrogens is 248 g/mol. The highest BCUT2D eigenvalue weighted by molar-refractivity contribution is 5.94. The second kappa shape index (κ2) is 5.47. The van der Waals surface area contributed by atoms with Gasteiger partial charge in [-0.15, -0.1) is 0 Å². The minimum Gasteiger partial charge on any atom is -0.349 e. The van der Waals surface area contributed by atoms with Gasteiger partial charge < -0.3 is 10.3 Å². The molecular formula is C12H14N4O3. The largest absolute Gasteiger partial charge is 0.349 e. The quantitative estimate of drug-likeness (QED) is 0.489. The van der Waals surface area contributed by atoms with Gasteiger partial charge in [0.05, 0.1) is 16.0 Å². The summed E-state index contributed by atoms with van der Waals surface area (Å²) >= 11 is 0. The summed E-state index contributed by atoms with van der Waals surface area (Å²) in [5.74, 6) is -0.126. The third-order valence-electron chi connectivity index (χ3n) is 2.71. The molecule has 0 bridgehead atoms. The van der Waals surface area contributed by atoms with Crippen molar-refractivity contribution in [3.05, 3.63) is 34.1 Å². The van der Waals surface area contributed by atoms with Gasteiger partial charge in [-0.25, -0.2) is 4.98 Å². The van der Waals surface area contributed by atoms with Crippen LogP contribution in [0.5, 0.6) is 0 Å². The fourth-order valence-corrected chi connectivity index (χ4v) is 1.68. The van der Waals surface area contributed by atoms with E-state index in [1.165, 1.54) is 18.2 Å². The van der Waals surface area contributed by atoms with Crippen LogP contribution in [0, 0.1) is 10.1 Å². The van der Waals surface area contributed by atoms with E-state index >= 15 is 0 Å². The van der Waals surface area contributed by atoms with Gasteiger partial charge in [0.2, 0.25) is 0 Å². The molecule has 1 aromatic carbocycles. The van der Waals surface area contributed by atoms with Crippen molar-refractivity contribution in [2.24, 2.45) is 0 Å². The summed E-state index contributed by atoms with van der Waals surface area (Å²) in [6, 6.07) is 4.25. The van der Waals surface area contributed by atoms with Crippen molar-refractivity contribution in [3.63, 3.8) is 0 Å². The highest BCUT2D eigenvalue weighted by atomic mass is 16.6. The molecule has 7 heteroatoms. The maximum Gasteiger partial charge on any atom is 0.287 e. The van der Waals surface area contributed by atoms with Crippen LogP contribution >= 0.6 is 0 Å². The fraction of sp³-hybridized carbons (Fsp3) is 0.333. The average molecular weight is 262 g/mol. The Kier molecular flexibility index (Phi) is 3.74. The molecule has 7 nitrogen and oxygen atoms in total. The van der Waals surface area contributed by atoms with Crippen LogP contribution in [0.3, 0.4) is 0 Å².